The van der Waals surface area contributed by atoms with E-state index in [1.807, 2.05) is 4.90 Å². The second kappa shape index (κ2) is 9.12. The average Bonchev–Trinajstić information content (AvgIpc) is 3.22. The number of amides is 3. The first-order chi connectivity index (χ1) is 13.5. The van der Waals surface area contributed by atoms with Crippen LogP contribution < -0.4 is 5.32 Å². The van der Waals surface area contributed by atoms with Crippen LogP contribution in [0.15, 0.2) is 18.2 Å². The zero-order chi connectivity index (χ0) is 20.1. The summed E-state index contributed by atoms with van der Waals surface area (Å²) in [4.78, 5) is 40.3. The molecule has 0 aliphatic carbocycles. The van der Waals surface area contributed by atoms with Crippen molar-refractivity contribution in [3.63, 3.8) is 0 Å². The van der Waals surface area contributed by atoms with Crippen LogP contribution in [0.1, 0.15) is 42.5 Å². The van der Waals surface area contributed by atoms with Crippen molar-refractivity contribution in [2.45, 2.75) is 32.1 Å². The number of benzene rings is 1. The van der Waals surface area contributed by atoms with Crippen molar-refractivity contribution >= 4 is 17.7 Å². The molecule has 0 radical (unpaired) electrons. The minimum absolute atomic E-state index is 0.0108. The molecule has 0 bridgehead atoms. The third-order valence-electron chi connectivity index (χ3n) is 5.41. The first-order valence-electron chi connectivity index (χ1n) is 9.75. The highest BCUT2D eigenvalue weighted by atomic mass is 19.1. The first kappa shape index (κ1) is 20.2. The predicted molar refractivity (Wildman–Crippen MR) is 98.4 cm³/mol. The van der Waals surface area contributed by atoms with E-state index >= 15 is 0 Å². The van der Waals surface area contributed by atoms with Crippen LogP contribution in [-0.4, -0.2) is 60.2 Å². The molecule has 3 amide bonds. The zero-order valence-electron chi connectivity index (χ0n) is 15.8. The Kier molecular flexibility index (Phi) is 6.59. The summed E-state index contributed by atoms with van der Waals surface area (Å²) >= 11 is 0. The summed E-state index contributed by atoms with van der Waals surface area (Å²) in [6.45, 7) is 2.81. The molecule has 8 heteroatoms. The van der Waals surface area contributed by atoms with Crippen LogP contribution >= 0.6 is 0 Å². The maximum absolute atomic E-state index is 13.6. The fraction of sp³-hybridized carbons (Fsp3) is 0.550. The molecule has 0 saturated carbocycles. The molecule has 3 rings (SSSR count). The number of halogens is 2. The topological polar surface area (TPSA) is 69.7 Å². The van der Waals surface area contributed by atoms with Crippen LogP contribution in [-0.2, 0) is 9.59 Å². The Morgan fingerprint density at radius 1 is 1.00 bits per heavy atom. The lowest BCUT2D eigenvalue weighted by Gasteiger charge is -2.33. The second-order valence-corrected chi connectivity index (χ2v) is 7.32. The number of nitrogens with zero attached hydrogens (tertiary/aromatic N) is 2. The second-order valence-electron chi connectivity index (χ2n) is 7.32. The lowest BCUT2D eigenvalue weighted by atomic mass is 9.95. The molecule has 2 aliphatic heterocycles. The van der Waals surface area contributed by atoms with Crippen LogP contribution in [0.5, 0.6) is 0 Å². The van der Waals surface area contributed by atoms with E-state index in [4.69, 9.17) is 0 Å². The summed E-state index contributed by atoms with van der Waals surface area (Å²) in [6, 6.07) is 2.73. The van der Waals surface area contributed by atoms with Crippen LogP contribution in [0.3, 0.4) is 0 Å². The predicted octanol–water partition coefficient (Wildman–Crippen LogP) is 1.95. The number of nitrogens with one attached hydrogen (secondary N) is 1. The van der Waals surface area contributed by atoms with E-state index in [-0.39, 0.29) is 36.3 Å². The van der Waals surface area contributed by atoms with Gasteiger partial charge < -0.3 is 15.1 Å². The average molecular weight is 393 g/mol. The first-order valence-corrected chi connectivity index (χ1v) is 9.75. The van der Waals surface area contributed by atoms with Gasteiger partial charge in [0.05, 0.1) is 5.56 Å². The van der Waals surface area contributed by atoms with Gasteiger partial charge in [0.15, 0.2) is 0 Å². The molecule has 0 atom stereocenters. The van der Waals surface area contributed by atoms with Gasteiger partial charge >= 0.3 is 0 Å². The number of rotatable bonds is 5. The molecule has 6 nitrogen and oxygen atoms in total. The smallest absolute Gasteiger partial charge is 0.254 e. The molecule has 1 N–H and O–H groups in total. The molecule has 1 aromatic rings. The van der Waals surface area contributed by atoms with Crippen molar-refractivity contribution in [3.05, 3.63) is 35.4 Å². The maximum Gasteiger partial charge on any atom is 0.254 e. The third kappa shape index (κ3) is 4.85. The van der Waals surface area contributed by atoms with Crippen molar-refractivity contribution in [2.75, 3.05) is 32.7 Å². The summed E-state index contributed by atoms with van der Waals surface area (Å²) in [5.74, 6) is -2.28. The Morgan fingerprint density at radius 2 is 1.68 bits per heavy atom. The van der Waals surface area contributed by atoms with E-state index in [1.54, 1.807) is 4.90 Å². The van der Waals surface area contributed by atoms with Gasteiger partial charge in [-0.2, -0.15) is 0 Å². The minimum Gasteiger partial charge on any atom is -0.351 e. The molecule has 2 saturated heterocycles. The fourth-order valence-corrected chi connectivity index (χ4v) is 3.78. The van der Waals surface area contributed by atoms with Crippen LogP contribution in [0.4, 0.5) is 8.78 Å². The van der Waals surface area contributed by atoms with Crippen LogP contribution in [0.2, 0.25) is 0 Å². The van der Waals surface area contributed by atoms with Gasteiger partial charge in [-0.15, -0.1) is 0 Å². The Bertz CT molecular complexity index is 742. The van der Waals surface area contributed by atoms with E-state index in [9.17, 15) is 23.2 Å². The van der Waals surface area contributed by atoms with E-state index in [0.717, 1.165) is 38.1 Å². The molecule has 2 heterocycles. The molecular weight excluding hydrogens is 368 g/mol. The molecule has 0 unspecified atom stereocenters. The molecule has 2 aliphatic rings. The number of piperidine rings is 1. The van der Waals surface area contributed by atoms with Gasteiger partial charge in [0.2, 0.25) is 11.8 Å². The molecule has 28 heavy (non-hydrogen) atoms. The third-order valence-corrected chi connectivity index (χ3v) is 5.41. The van der Waals surface area contributed by atoms with Crippen molar-refractivity contribution < 1.29 is 23.2 Å². The van der Waals surface area contributed by atoms with Gasteiger partial charge in [-0.25, -0.2) is 8.78 Å². The molecule has 0 aromatic heterocycles. The van der Waals surface area contributed by atoms with Gasteiger partial charge in [-0.1, -0.05) is 0 Å². The van der Waals surface area contributed by atoms with Gasteiger partial charge in [0.1, 0.15) is 11.6 Å². The van der Waals surface area contributed by atoms with E-state index in [1.165, 1.54) is 0 Å². The number of carbonyl (C=O) groups excluding carboxylic acids is 3. The standard InChI is InChI=1S/C20H25F2N3O3/c21-15-3-4-16(17(22)13-15)19(27)23-8-5-18(26)24-11-6-14(7-12-24)20(28)25-9-1-2-10-25/h3-4,13-14H,1-2,5-12H2,(H,23,27). The number of likely N-dealkylation sites (tertiary alicyclic amines) is 2. The van der Waals surface area contributed by atoms with Crippen LogP contribution in [0, 0.1) is 17.6 Å². The molecule has 0 spiro atoms. The summed E-state index contributed by atoms with van der Waals surface area (Å²) in [6.07, 6.45) is 3.55. The minimum atomic E-state index is -0.937. The summed E-state index contributed by atoms with van der Waals surface area (Å²) in [5, 5.41) is 2.48. The largest absolute Gasteiger partial charge is 0.351 e. The normalized spacial score (nSPS) is 17.6. The van der Waals surface area contributed by atoms with Gasteiger partial charge in [0, 0.05) is 51.1 Å². The molecule has 1 aromatic carbocycles. The van der Waals surface area contributed by atoms with E-state index in [2.05, 4.69) is 5.32 Å². The highest BCUT2D eigenvalue weighted by Gasteiger charge is 2.31. The monoisotopic (exact) mass is 393 g/mol. The van der Waals surface area contributed by atoms with Gasteiger partial charge in [-0.05, 0) is 37.8 Å². The Labute approximate surface area is 162 Å². The number of hydrogen-bond donors (Lipinski definition) is 1. The van der Waals surface area contributed by atoms with Crippen molar-refractivity contribution in [1.29, 1.82) is 0 Å². The summed E-state index contributed by atoms with van der Waals surface area (Å²) in [7, 11) is 0. The van der Waals surface area contributed by atoms with Crippen molar-refractivity contribution in [2.24, 2.45) is 5.92 Å². The quantitative estimate of drug-likeness (QED) is 0.831. The zero-order valence-corrected chi connectivity index (χ0v) is 15.8. The Morgan fingerprint density at radius 3 is 2.32 bits per heavy atom. The van der Waals surface area contributed by atoms with Gasteiger partial charge in [-0.3, -0.25) is 14.4 Å². The lowest BCUT2D eigenvalue weighted by Crippen LogP contribution is -2.44. The summed E-state index contributed by atoms with van der Waals surface area (Å²) in [5.41, 5.74) is -0.255. The Balaban J connectivity index is 1.39. The molecule has 2 fully saturated rings. The maximum atomic E-state index is 13.6. The summed E-state index contributed by atoms with van der Waals surface area (Å²) < 4.78 is 26.5. The van der Waals surface area contributed by atoms with Crippen LogP contribution in [0.25, 0.3) is 0 Å². The highest BCUT2D eigenvalue weighted by molar-refractivity contribution is 5.94. The van der Waals surface area contributed by atoms with E-state index in [0.29, 0.717) is 32.0 Å². The number of hydrogen-bond acceptors (Lipinski definition) is 3. The van der Waals surface area contributed by atoms with E-state index < -0.39 is 17.5 Å². The highest BCUT2D eigenvalue weighted by Crippen LogP contribution is 2.22. The van der Waals surface area contributed by atoms with Crippen molar-refractivity contribution in [3.8, 4) is 0 Å². The fourth-order valence-electron chi connectivity index (χ4n) is 3.78. The van der Waals surface area contributed by atoms with Gasteiger partial charge in [0.25, 0.3) is 5.91 Å². The SMILES string of the molecule is O=C(NCCC(=O)N1CCC(C(=O)N2CCCC2)CC1)c1ccc(F)cc1F. The molecular formula is C20H25F2N3O3. The Hall–Kier alpha value is -2.51. The lowest BCUT2D eigenvalue weighted by molar-refractivity contribution is -0.140. The van der Waals surface area contributed by atoms with Crippen molar-refractivity contribution in [1.82, 2.24) is 15.1 Å². The molecule has 152 valence electrons. The number of carbonyl (C=O) groups is 3.